The standard InChI is InChI=1S/C16H23NO5/c1-4-17(10-9-16(19)21-5-2)15(18)12-22-14-8-6-7-13(11-14)20-3/h6-8,11H,4-5,9-10,12H2,1-3H3. The Bertz CT molecular complexity index is 489. The Morgan fingerprint density at radius 1 is 1.18 bits per heavy atom. The first-order valence-corrected chi connectivity index (χ1v) is 7.30. The summed E-state index contributed by atoms with van der Waals surface area (Å²) in [6, 6.07) is 7.05. The fourth-order valence-electron chi connectivity index (χ4n) is 1.85. The van der Waals surface area contributed by atoms with Gasteiger partial charge < -0.3 is 19.1 Å². The number of likely N-dealkylation sites (N-methyl/N-ethyl adjacent to an activating group) is 1. The second-order valence-electron chi connectivity index (χ2n) is 4.50. The Hall–Kier alpha value is -2.24. The minimum Gasteiger partial charge on any atom is -0.497 e. The molecule has 0 aliphatic heterocycles. The van der Waals surface area contributed by atoms with Crippen molar-refractivity contribution in [2.45, 2.75) is 20.3 Å². The lowest BCUT2D eigenvalue weighted by Crippen LogP contribution is -2.36. The van der Waals surface area contributed by atoms with E-state index >= 15 is 0 Å². The van der Waals surface area contributed by atoms with E-state index in [-0.39, 0.29) is 24.9 Å². The third-order valence-electron chi connectivity index (χ3n) is 3.03. The highest BCUT2D eigenvalue weighted by molar-refractivity contribution is 5.78. The molecule has 1 rings (SSSR count). The molecule has 0 fully saturated rings. The van der Waals surface area contributed by atoms with Crippen LogP contribution in [0.5, 0.6) is 11.5 Å². The van der Waals surface area contributed by atoms with E-state index < -0.39 is 0 Å². The van der Waals surface area contributed by atoms with Crippen molar-refractivity contribution >= 4 is 11.9 Å². The summed E-state index contributed by atoms with van der Waals surface area (Å²) in [6.07, 6.45) is 0.187. The van der Waals surface area contributed by atoms with Crippen LogP contribution in [-0.2, 0) is 14.3 Å². The topological polar surface area (TPSA) is 65.1 Å². The fraction of sp³-hybridized carbons (Fsp3) is 0.500. The van der Waals surface area contributed by atoms with Gasteiger partial charge in [0.05, 0.1) is 20.1 Å². The van der Waals surface area contributed by atoms with Crippen LogP contribution in [0, 0.1) is 0 Å². The lowest BCUT2D eigenvalue weighted by molar-refractivity contribution is -0.144. The molecule has 1 amide bonds. The van der Waals surface area contributed by atoms with Crippen molar-refractivity contribution in [3.8, 4) is 11.5 Å². The summed E-state index contributed by atoms with van der Waals surface area (Å²) in [5, 5.41) is 0. The van der Waals surface area contributed by atoms with Gasteiger partial charge in [-0.05, 0) is 26.0 Å². The van der Waals surface area contributed by atoms with Crippen LogP contribution in [-0.4, -0.2) is 50.2 Å². The summed E-state index contributed by atoms with van der Waals surface area (Å²) in [5.74, 6) is 0.755. The van der Waals surface area contributed by atoms with Crippen molar-refractivity contribution in [1.82, 2.24) is 4.90 Å². The largest absolute Gasteiger partial charge is 0.497 e. The van der Waals surface area contributed by atoms with Crippen molar-refractivity contribution < 1.29 is 23.8 Å². The number of carbonyl (C=O) groups is 2. The van der Waals surface area contributed by atoms with Gasteiger partial charge in [0.25, 0.3) is 5.91 Å². The van der Waals surface area contributed by atoms with Crippen LogP contribution in [0.15, 0.2) is 24.3 Å². The molecule has 0 atom stereocenters. The highest BCUT2D eigenvalue weighted by Gasteiger charge is 2.14. The maximum atomic E-state index is 12.1. The molecule has 0 unspecified atom stereocenters. The molecule has 6 nitrogen and oxygen atoms in total. The molecule has 1 aromatic carbocycles. The fourth-order valence-corrected chi connectivity index (χ4v) is 1.85. The summed E-state index contributed by atoms with van der Waals surface area (Å²) < 4.78 is 15.4. The van der Waals surface area contributed by atoms with Crippen molar-refractivity contribution in [2.75, 3.05) is 33.4 Å². The highest BCUT2D eigenvalue weighted by Crippen LogP contribution is 2.18. The lowest BCUT2D eigenvalue weighted by Gasteiger charge is -2.20. The average molecular weight is 309 g/mol. The van der Waals surface area contributed by atoms with Gasteiger partial charge in [-0.1, -0.05) is 6.07 Å². The van der Waals surface area contributed by atoms with E-state index in [0.717, 1.165) is 0 Å². The maximum absolute atomic E-state index is 12.1. The third-order valence-corrected chi connectivity index (χ3v) is 3.03. The molecule has 122 valence electrons. The zero-order valence-electron chi connectivity index (χ0n) is 13.3. The van der Waals surface area contributed by atoms with Crippen molar-refractivity contribution in [3.05, 3.63) is 24.3 Å². The maximum Gasteiger partial charge on any atom is 0.307 e. The van der Waals surface area contributed by atoms with Gasteiger partial charge in [-0.25, -0.2) is 0 Å². The van der Waals surface area contributed by atoms with Crippen LogP contribution < -0.4 is 9.47 Å². The van der Waals surface area contributed by atoms with E-state index in [2.05, 4.69) is 0 Å². The van der Waals surface area contributed by atoms with Crippen LogP contribution >= 0.6 is 0 Å². The van der Waals surface area contributed by atoms with Gasteiger partial charge in [0.15, 0.2) is 6.61 Å². The Labute approximate surface area is 131 Å². The van der Waals surface area contributed by atoms with Crippen LogP contribution in [0.2, 0.25) is 0 Å². The van der Waals surface area contributed by atoms with Gasteiger partial charge in [0, 0.05) is 19.2 Å². The van der Waals surface area contributed by atoms with Crippen molar-refractivity contribution in [2.24, 2.45) is 0 Å². The molecule has 0 radical (unpaired) electrons. The molecule has 0 aliphatic carbocycles. The van der Waals surface area contributed by atoms with E-state index in [9.17, 15) is 9.59 Å². The summed E-state index contributed by atoms with van der Waals surface area (Å²) in [5.41, 5.74) is 0. The normalized spacial score (nSPS) is 9.95. The predicted octanol–water partition coefficient (Wildman–Crippen LogP) is 1.88. The number of amides is 1. The van der Waals surface area contributed by atoms with E-state index in [1.807, 2.05) is 6.92 Å². The smallest absolute Gasteiger partial charge is 0.307 e. The molecular formula is C16H23NO5. The summed E-state index contributed by atoms with van der Waals surface area (Å²) in [6.45, 7) is 4.72. The number of benzene rings is 1. The SMILES string of the molecule is CCOC(=O)CCN(CC)C(=O)COc1cccc(OC)c1. The van der Waals surface area contributed by atoms with Gasteiger partial charge in [-0.15, -0.1) is 0 Å². The number of hydrogen-bond donors (Lipinski definition) is 0. The molecule has 1 aromatic rings. The Morgan fingerprint density at radius 3 is 2.55 bits per heavy atom. The zero-order valence-corrected chi connectivity index (χ0v) is 13.3. The number of esters is 1. The zero-order chi connectivity index (χ0) is 16.4. The molecule has 6 heteroatoms. The molecular weight excluding hydrogens is 286 g/mol. The van der Waals surface area contributed by atoms with Gasteiger partial charge in [-0.2, -0.15) is 0 Å². The molecule has 0 aromatic heterocycles. The lowest BCUT2D eigenvalue weighted by atomic mass is 10.3. The van der Waals surface area contributed by atoms with Crippen LogP contribution in [0.3, 0.4) is 0 Å². The summed E-state index contributed by atoms with van der Waals surface area (Å²) in [4.78, 5) is 25.0. The minimum atomic E-state index is -0.303. The van der Waals surface area contributed by atoms with Crippen molar-refractivity contribution in [1.29, 1.82) is 0 Å². The monoisotopic (exact) mass is 309 g/mol. The van der Waals surface area contributed by atoms with Crippen LogP contribution in [0.1, 0.15) is 20.3 Å². The van der Waals surface area contributed by atoms with Gasteiger partial charge >= 0.3 is 5.97 Å². The van der Waals surface area contributed by atoms with Crippen molar-refractivity contribution in [3.63, 3.8) is 0 Å². The quantitative estimate of drug-likeness (QED) is 0.652. The number of nitrogens with zero attached hydrogens (tertiary/aromatic N) is 1. The minimum absolute atomic E-state index is 0.0795. The average Bonchev–Trinajstić information content (AvgIpc) is 2.54. The summed E-state index contributed by atoms with van der Waals surface area (Å²) >= 11 is 0. The molecule has 0 aliphatic rings. The van der Waals surface area contributed by atoms with Gasteiger partial charge in [0.1, 0.15) is 11.5 Å². The molecule has 0 heterocycles. The number of rotatable bonds is 9. The molecule has 0 spiro atoms. The molecule has 0 saturated carbocycles. The Balaban J connectivity index is 2.45. The van der Waals surface area contributed by atoms with E-state index in [4.69, 9.17) is 14.2 Å². The Kier molecular flexibility index (Phi) is 7.81. The van der Waals surface area contributed by atoms with Crippen LogP contribution in [0.25, 0.3) is 0 Å². The predicted molar refractivity (Wildman–Crippen MR) is 82.0 cm³/mol. The molecule has 0 saturated heterocycles. The Morgan fingerprint density at radius 2 is 1.91 bits per heavy atom. The first kappa shape index (κ1) is 17.8. The second kappa shape index (κ2) is 9.65. The molecule has 0 bridgehead atoms. The third kappa shape index (κ3) is 6.03. The second-order valence-corrected chi connectivity index (χ2v) is 4.50. The van der Waals surface area contributed by atoms with Gasteiger partial charge in [0.2, 0.25) is 0 Å². The number of methoxy groups -OCH3 is 1. The van der Waals surface area contributed by atoms with E-state index in [1.165, 1.54) is 0 Å². The molecule has 0 N–H and O–H groups in total. The van der Waals surface area contributed by atoms with E-state index in [0.29, 0.717) is 31.2 Å². The first-order valence-electron chi connectivity index (χ1n) is 7.30. The highest BCUT2D eigenvalue weighted by atomic mass is 16.5. The first-order chi connectivity index (χ1) is 10.6. The number of ether oxygens (including phenoxy) is 3. The van der Waals surface area contributed by atoms with Gasteiger partial charge in [-0.3, -0.25) is 9.59 Å². The number of carbonyl (C=O) groups excluding carboxylic acids is 2. The van der Waals surface area contributed by atoms with E-state index in [1.54, 1.807) is 43.2 Å². The molecule has 22 heavy (non-hydrogen) atoms. The number of hydrogen-bond acceptors (Lipinski definition) is 5. The summed E-state index contributed by atoms with van der Waals surface area (Å²) in [7, 11) is 1.57. The van der Waals surface area contributed by atoms with Crippen LogP contribution in [0.4, 0.5) is 0 Å².